The molecule has 0 radical (unpaired) electrons. The number of nitrogens with zero attached hydrogens (tertiary/aromatic N) is 1. The summed E-state index contributed by atoms with van der Waals surface area (Å²) >= 11 is 1.58. The maximum absolute atomic E-state index is 12.2. The summed E-state index contributed by atoms with van der Waals surface area (Å²) in [5.74, 6) is 0.170. The first-order valence-electron chi connectivity index (χ1n) is 6.48. The number of amides is 2. The monoisotopic (exact) mass is 307 g/mol. The fourth-order valence-electron chi connectivity index (χ4n) is 1.77. The molecule has 3 N–H and O–H groups in total. The number of thiophene rings is 1. The van der Waals surface area contributed by atoms with Gasteiger partial charge in [0, 0.05) is 4.88 Å². The predicted molar refractivity (Wildman–Crippen MR) is 79.3 cm³/mol. The molecule has 0 unspecified atom stereocenters. The number of furan rings is 1. The third-order valence-corrected chi connectivity index (χ3v) is 3.69. The van der Waals surface area contributed by atoms with E-state index in [4.69, 9.17) is 10.2 Å². The molecule has 0 saturated heterocycles. The normalized spacial score (nSPS) is 10.3. The molecule has 2 rings (SSSR count). The van der Waals surface area contributed by atoms with Crippen molar-refractivity contribution in [3.63, 3.8) is 0 Å². The molecule has 0 bridgehead atoms. The average molecular weight is 307 g/mol. The molecular weight excluding hydrogens is 290 g/mol. The van der Waals surface area contributed by atoms with Gasteiger partial charge in [-0.05, 0) is 23.6 Å². The van der Waals surface area contributed by atoms with E-state index in [1.165, 1.54) is 0 Å². The molecule has 0 aliphatic rings. The Morgan fingerprint density at radius 1 is 1.29 bits per heavy atom. The maximum atomic E-state index is 12.2. The topological polar surface area (TPSA) is 88.6 Å². The third-order valence-electron chi connectivity index (χ3n) is 2.83. The molecule has 0 aliphatic heterocycles. The van der Waals surface area contributed by atoms with E-state index < -0.39 is 0 Å². The Morgan fingerprint density at radius 2 is 2.14 bits per heavy atom. The van der Waals surface area contributed by atoms with Crippen molar-refractivity contribution in [1.82, 2.24) is 10.2 Å². The van der Waals surface area contributed by atoms with Gasteiger partial charge in [0.2, 0.25) is 11.8 Å². The molecule has 0 fully saturated rings. The number of nitrogens with one attached hydrogen (secondary N) is 1. The van der Waals surface area contributed by atoms with Crippen molar-refractivity contribution in [2.75, 3.05) is 13.1 Å². The van der Waals surface area contributed by atoms with Crippen molar-refractivity contribution in [2.24, 2.45) is 5.73 Å². The van der Waals surface area contributed by atoms with Crippen LogP contribution in [0.25, 0.3) is 0 Å². The molecule has 2 aromatic heterocycles. The first-order valence-corrected chi connectivity index (χ1v) is 7.36. The fourth-order valence-corrected chi connectivity index (χ4v) is 2.49. The molecule has 21 heavy (non-hydrogen) atoms. The quantitative estimate of drug-likeness (QED) is 0.797. The second kappa shape index (κ2) is 7.61. The largest absolute Gasteiger partial charge is 0.467 e. The van der Waals surface area contributed by atoms with Gasteiger partial charge in [0.25, 0.3) is 0 Å². The van der Waals surface area contributed by atoms with Crippen LogP contribution in [0.15, 0.2) is 40.3 Å². The number of carbonyl (C=O) groups excluding carboxylic acids is 2. The Kier molecular flexibility index (Phi) is 5.53. The Bertz CT molecular complexity index is 530. The minimum absolute atomic E-state index is 0.0673. The second-order valence-electron chi connectivity index (χ2n) is 4.39. The van der Waals surface area contributed by atoms with Crippen LogP contribution in [0, 0.1) is 0 Å². The highest BCUT2D eigenvalue weighted by molar-refractivity contribution is 7.09. The van der Waals surface area contributed by atoms with Crippen molar-refractivity contribution in [3.8, 4) is 0 Å². The van der Waals surface area contributed by atoms with E-state index in [2.05, 4.69) is 5.32 Å². The van der Waals surface area contributed by atoms with E-state index >= 15 is 0 Å². The van der Waals surface area contributed by atoms with Gasteiger partial charge in [-0.1, -0.05) is 6.07 Å². The SMILES string of the molecule is NCC(=O)NCC(=O)N(Cc1ccco1)Cc1cccs1. The Balaban J connectivity index is 2.00. The van der Waals surface area contributed by atoms with Gasteiger partial charge in [-0.15, -0.1) is 11.3 Å². The number of nitrogens with two attached hydrogens (primary N) is 1. The van der Waals surface area contributed by atoms with E-state index in [0.717, 1.165) is 4.88 Å². The van der Waals surface area contributed by atoms with Crippen LogP contribution in [0.3, 0.4) is 0 Å². The Morgan fingerprint density at radius 3 is 2.76 bits per heavy atom. The third kappa shape index (κ3) is 4.73. The van der Waals surface area contributed by atoms with E-state index in [1.54, 1.807) is 28.6 Å². The summed E-state index contributed by atoms with van der Waals surface area (Å²) in [6.45, 7) is 0.649. The zero-order valence-corrected chi connectivity index (χ0v) is 12.3. The lowest BCUT2D eigenvalue weighted by atomic mass is 10.3. The molecule has 112 valence electrons. The molecule has 0 saturated carbocycles. The van der Waals surface area contributed by atoms with Crippen molar-refractivity contribution in [3.05, 3.63) is 46.5 Å². The number of carbonyl (C=O) groups is 2. The minimum atomic E-state index is -0.350. The fraction of sp³-hybridized carbons (Fsp3) is 0.286. The van der Waals surface area contributed by atoms with Crippen LogP contribution >= 0.6 is 11.3 Å². The Labute approximate surface area is 126 Å². The molecule has 2 aromatic rings. The van der Waals surface area contributed by atoms with Crippen molar-refractivity contribution >= 4 is 23.2 Å². The van der Waals surface area contributed by atoms with Crippen LogP contribution in [0.4, 0.5) is 0 Å². The van der Waals surface area contributed by atoms with Gasteiger partial charge in [-0.3, -0.25) is 9.59 Å². The highest BCUT2D eigenvalue weighted by atomic mass is 32.1. The number of hydrogen-bond acceptors (Lipinski definition) is 5. The summed E-state index contributed by atoms with van der Waals surface area (Å²) in [6.07, 6.45) is 1.57. The smallest absolute Gasteiger partial charge is 0.242 e. The summed E-state index contributed by atoms with van der Waals surface area (Å²) in [5.41, 5.74) is 5.20. The van der Waals surface area contributed by atoms with Crippen LogP contribution < -0.4 is 11.1 Å². The number of rotatable bonds is 7. The second-order valence-corrected chi connectivity index (χ2v) is 5.42. The standard InChI is InChI=1S/C14H17N3O3S/c15-7-13(18)16-8-14(19)17(9-11-3-1-5-20-11)10-12-4-2-6-21-12/h1-6H,7-10,15H2,(H,16,18). The minimum Gasteiger partial charge on any atom is -0.467 e. The lowest BCUT2D eigenvalue weighted by molar-refractivity contribution is -0.133. The van der Waals surface area contributed by atoms with Crippen molar-refractivity contribution in [2.45, 2.75) is 13.1 Å². The highest BCUT2D eigenvalue weighted by Crippen LogP contribution is 2.14. The Hall–Kier alpha value is -2.12. The van der Waals surface area contributed by atoms with E-state index in [1.807, 2.05) is 23.6 Å². The first-order chi connectivity index (χ1) is 10.2. The zero-order chi connectivity index (χ0) is 15.1. The van der Waals surface area contributed by atoms with Crippen molar-refractivity contribution < 1.29 is 14.0 Å². The van der Waals surface area contributed by atoms with Gasteiger partial charge in [-0.2, -0.15) is 0 Å². The average Bonchev–Trinajstić information content (AvgIpc) is 3.17. The maximum Gasteiger partial charge on any atom is 0.242 e. The van der Waals surface area contributed by atoms with Crippen molar-refractivity contribution in [1.29, 1.82) is 0 Å². The first kappa shape index (κ1) is 15.3. The van der Waals surface area contributed by atoms with Crippen LogP contribution in [0.5, 0.6) is 0 Å². The summed E-state index contributed by atoms with van der Waals surface area (Å²) in [4.78, 5) is 26.1. The lowest BCUT2D eigenvalue weighted by Gasteiger charge is -2.21. The van der Waals surface area contributed by atoms with Crippen LogP contribution in [0.1, 0.15) is 10.6 Å². The van der Waals surface area contributed by atoms with Gasteiger partial charge in [0.1, 0.15) is 5.76 Å². The molecule has 0 aromatic carbocycles. The molecule has 0 aliphatic carbocycles. The van der Waals surface area contributed by atoms with Gasteiger partial charge in [-0.25, -0.2) is 0 Å². The van der Waals surface area contributed by atoms with E-state index in [0.29, 0.717) is 18.8 Å². The van der Waals surface area contributed by atoms with Crippen LogP contribution in [-0.2, 0) is 22.7 Å². The van der Waals surface area contributed by atoms with Gasteiger partial charge < -0.3 is 20.4 Å². The summed E-state index contributed by atoms with van der Waals surface area (Å²) in [7, 11) is 0. The van der Waals surface area contributed by atoms with Gasteiger partial charge >= 0.3 is 0 Å². The van der Waals surface area contributed by atoms with Crippen LogP contribution in [-0.4, -0.2) is 29.8 Å². The molecular formula is C14H17N3O3S. The highest BCUT2D eigenvalue weighted by Gasteiger charge is 2.16. The molecule has 2 amide bonds. The molecule has 0 spiro atoms. The molecule has 7 heteroatoms. The van der Waals surface area contributed by atoms with E-state index in [9.17, 15) is 9.59 Å². The molecule has 0 atom stereocenters. The summed E-state index contributed by atoms with van der Waals surface area (Å²) in [5, 5.41) is 4.45. The molecule has 6 nitrogen and oxygen atoms in total. The summed E-state index contributed by atoms with van der Waals surface area (Å²) in [6, 6.07) is 7.49. The van der Waals surface area contributed by atoms with Gasteiger partial charge in [0.05, 0.1) is 32.4 Å². The predicted octanol–water partition coefficient (Wildman–Crippen LogP) is 0.945. The van der Waals surface area contributed by atoms with E-state index in [-0.39, 0.29) is 24.9 Å². The molecule has 2 heterocycles. The number of hydrogen-bond donors (Lipinski definition) is 2. The summed E-state index contributed by atoms with van der Waals surface area (Å²) < 4.78 is 5.28. The zero-order valence-electron chi connectivity index (χ0n) is 11.5. The van der Waals surface area contributed by atoms with Crippen LogP contribution in [0.2, 0.25) is 0 Å². The lowest BCUT2D eigenvalue weighted by Crippen LogP contribution is -2.41. The van der Waals surface area contributed by atoms with Gasteiger partial charge in [0.15, 0.2) is 0 Å².